The van der Waals surface area contributed by atoms with Gasteiger partial charge >= 0.3 is 5.97 Å². The number of ether oxygens (including phenoxy) is 1. The molecule has 1 aliphatic heterocycles. The molecular weight excluding hydrogens is 256 g/mol. The van der Waals surface area contributed by atoms with E-state index in [0.717, 1.165) is 19.3 Å². The van der Waals surface area contributed by atoms with Crippen LogP contribution in [0.3, 0.4) is 0 Å². The zero-order valence-electron chi connectivity index (χ0n) is 11.5. The Morgan fingerprint density at radius 1 is 1.20 bits per heavy atom. The van der Waals surface area contributed by atoms with Crippen LogP contribution in [0.1, 0.15) is 32.6 Å². The molecule has 0 aliphatic carbocycles. The number of rotatable bonds is 6. The summed E-state index contributed by atoms with van der Waals surface area (Å²) in [5.41, 5.74) is 0.533. The first-order valence-corrected chi connectivity index (χ1v) is 6.83. The van der Waals surface area contributed by atoms with E-state index in [1.165, 1.54) is 0 Å². The van der Waals surface area contributed by atoms with E-state index < -0.39 is 12.1 Å². The third-order valence-corrected chi connectivity index (χ3v) is 3.08. The Labute approximate surface area is 118 Å². The minimum Gasteiger partial charge on any atom is -0.506 e. The van der Waals surface area contributed by atoms with Gasteiger partial charge in [0.1, 0.15) is 0 Å². The number of carbonyl (C=O) groups excluding carboxylic acids is 1. The molecule has 1 N–H and O–H groups in total. The van der Waals surface area contributed by atoms with Crippen LogP contribution in [0, 0.1) is 0 Å². The summed E-state index contributed by atoms with van der Waals surface area (Å²) >= 11 is 0. The number of esters is 1. The maximum Gasteiger partial charge on any atom is 0.363 e. The van der Waals surface area contributed by atoms with Crippen LogP contribution in [-0.4, -0.2) is 17.2 Å². The largest absolute Gasteiger partial charge is 0.506 e. The van der Waals surface area contributed by atoms with Crippen LogP contribution in [0.2, 0.25) is 0 Å². The van der Waals surface area contributed by atoms with E-state index in [-0.39, 0.29) is 11.5 Å². The van der Waals surface area contributed by atoms with Crippen molar-refractivity contribution in [2.45, 2.75) is 38.7 Å². The molecule has 1 aromatic carbocycles. The summed E-state index contributed by atoms with van der Waals surface area (Å²) in [6.07, 6.45) is 3.07. The lowest BCUT2D eigenvalue weighted by atomic mass is 10.1. The maximum atomic E-state index is 11.7. The van der Waals surface area contributed by atoms with Crippen molar-refractivity contribution >= 4 is 11.7 Å². The molecule has 5 nitrogen and oxygen atoms in total. The molecule has 0 fully saturated rings. The quantitative estimate of drug-likeness (QED) is 0.483. The molecule has 1 aromatic rings. The Kier molecular flexibility index (Phi) is 4.87. The summed E-state index contributed by atoms with van der Waals surface area (Å²) in [6, 6.07) is 9.04. The Morgan fingerprint density at radius 2 is 1.95 bits per heavy atom. The Balaban J connectivity index is 2.05. The van der Waals surface area contributed by atoms with E-state index >= 15 is 0 Å². The molecule has 106 valence electrons. The van der Waals surface area contributed by atoms with Gasteiger partial charge in [0.25, 0.3) is 0 Å². The molecule has 0 radical (unpaired) electrons. The van der Waals surface area contributed by atoms with Crippen molar-refractivity contribution in [3.05, 3.63) is 41.8 Å². The smallest absolute Gasteiger partial charge is 0.363 e. The highest BCUT2D eigenvalue weighted by molar-refractivity contribution is 5.91. The van der Waals surface area contributed by atoms with Crippen molar-refractivity contribution in [1.82, 2.24) is 0 Å². The third-order valence-electron chi connectivity index (χ3n) is 3.08. The SMILES string of the molecule is CCCCCC1OC(=O)C(N=Nc2ccccc2)=C1O. The number of aliphatic hydroxyl groups is 1. The lowest BCUT2D eigenvalue weighted by Crippen LogP contribution is -2.11. The lowest BCUT2D eigenvalue weighted by molar-refractivity contribution is -0.140. The van der Waals surface area contributed by atoms with E-state index in [0.29, 0.717) is 12.1 Å². The first-order chi connectivity index (χ1) is 9.72. The van der Waals surface area contributed by atoms with E-state index in [1.54, 1.807) is 12.1 Å². The maximum absolute atomic E-state index is 11.7. The van der Waals surface area contributed by atoms with Gasteiger partial charge in [-0.3, -0.25) is 0 Å². The summed E-state index contributed by atoms with van der Waals surface area (Å²) < 4.78 is 5.10. The van der Waals surface area contributed by atoms with Crippen molar-refractivity contribution in [2.75, 3.05) is 0 Å². The second-order valence-corrected chi connectivity index (χ2v) is 4.66. The van der Waals surface area contributed by atoms with Gasteiger partial charge in [0.2, 0.25) is 5.70 Å². The molecule has 20 heavy (non-hydrogen) atoms. The molecule has 0 spiro atoms. The standard InChI is InChI=1S/C15H18N2O3/c1-2-3-5-10-12-14(18)13(15(19)20-12)17-16-11-8-6-4-7-9-11/h4,6-9,12,18H,2-3,5,10H2,1H3. The molecule has 5 heteroatoms. The number of hydrogen-bond donors (Lipinski definition) is 1. The van der Waals surface area contributed by atoms with Crippen molar-refractivity contribution in [2.24, 2.45) is 10.2 Å². The predicted octanol–water partition coefficient (Wildman–Crippen LogP) is 4.05. The topological polar surface area (TPSA) is 71.2 Å². The average molecular weight is 274 g/mol. The van der Waals surface area contributed by atoms with Gasteiger partial charge in [-0.05, 0) is 25.0 Å². The molecule has 0 bridgehead atoms. The fourth-order valence-corrected chi connectivity index (χ4v) is 1.97. The van der Waals surface area contributed by atoms with Gasteiger partial charge in [0.15, 0.2) is 11.9 Å². The zero-order valence-corrected chi connectivity index (χ0v) is 11.5. The number of carbonyl (C=O) groups is 1. The molecule has 2 rings (SSSR count). The first-order valence-electron chi connectivity index (χ1n) is 6.83. The van der Waals surface area contributed by atoms with Gasteiger partial charge in [-0.15, -0.1) is 5.11 Å². The lowest BCUT2D eigenvalue weighted by Gasteiger charge is -2.08. The molecule has 0 saturated carbocycles. The van der Waals surface area contributed by atoms with Crippen molar-refractivity contribution < 1.29 is 14.6 Å². The van der Waals surface area contributed by atoms with Crippen LogP contribution < -0.4 is 0 Å². The van der Waals surface area contributed by atoms with Crippen molar-refractivity contribution in [1.29, 1.82) is 0 Å². The monoisotopic (exact) mass is 274 g/mol. The van der Waals surface area contributed by atoms with Crippen LogP contribution in [0.15, 0.2) is 52.0 Å². The molecule has 1 unspecified atom stereocenters. The van der Waals surface area contributed by atoms with Crippen LogP contribution in [0.25, 0.3) is 0 Å². The van der Waals surface area contributed by atoms with Crippen LogP contribution in [0.4, 0.5) is 5.69 Å². The first kappa shape index (κ1) is 14.2. The molecular formula is C15H18N2O3. The average Bonchev–Trinajstić information content (AvgIpc) is 2.73. The number of aliphatic hydroxyl groups excluding tert-OH is 1. The normalized spacial score (nSPS) is 18.9. The van der Waals surface area contributed by atoms with Crippen LogP contribution >= 0.6 is 0 Å². The van der Waals surface area contributed by atoms with Gasteiger partial charge in [0.05, 0.1) is 5.69 Å². The van der Waals surface area contributed by atoms with E-state index in [1.807, 2.05) is 18.2 Å². The molecule has 1 aliphatic rings. The minimum absolute atomic E-state index is 0.0876. The highest BCUT2D eigenvalue weighted by atomic mass is 16.6. The van der Waals surface area contributed by atoms with E-state index in [4.69, 9.17) is 4.74 Å². The van der Waals surface area contributed by atoms with Crippen molar-refractivity contribution in [3.63, 3.8) is 0 Å². The third kappa shape index (κ3) is 3.44. The molecule has 1 heterocycles. The van der Waals surface area contributed by atoms with Gasteiger partial charge in [-0.2, -0.15) is 5.11 Å². The number of nitrogens with zero attached hydrogens (tertiary/aromatic N) is 2. The zero-order chi connectivity index (χ0) is 14.4. The van der Waals surface area contributed by atoms with Crippen LogP contribution in [-0.2, 0) is 9.53 Å². The second kappa shape index (κ2) is 6.84. The summed E-state index contributed by atoms with van der Waals surface area (Å²) in [7, 11) is 0. The second-order valence-electron chi connectivity index (χ2n) is 4.66. The highest BCUT2D eigenvalue weighted by Crippen LogP contribution is 2.26. The number of benzene rings is 1. The van der Waals surface area contributed by atoms with Gasteiger partial charge in [-0.25, -0.2) is 4.79 Å². The van der Waals surface area contributed by atoms with Gasteiger partial charge in [0, 0.05) is 0 Å². The highest BCUT2D eigenvalue weighted by Gasteiger charge is 2.34. The van der Waals surface area contributed by atoms with E-state index in [2.05, 4.69) is 17.2 Å². The Hall–Kier alpha value is -2.17. The summed E-state index contributed by atoms with van der Waals surface area (Å²) in [5, 5.41) is 17.7. The Bertz CT molecular complexity index is 523. The molecule has 0 aromatic heterocycles. The van der Waals surface area contributed by atoms with Crippen LogP contribution in [0.5, 0.6) is 0 Å². The summed E-state index contributed by atoms with van der Waals surface area (Å²) in [5.74, 6) is -0.713. The number of unbranched alkanes of at least 4 members (excludes halogenated alkanes) is 2. The van der Waals surface area contributed by atoms with E-state index in [9.17, 15) is 9.90 Å². The predicted molar refractivity (Wildman–Crippen MR) is 74.6 cm³/mol. The molecule has 0 saturated heterocycles. The Morgan fingerprint density at radius 3 is 2.65 bits per heavy atom. The summed E-state index contributed by atoms with van der Waals surface area (Å²) in [4.78, 5) is 11.7. The fourth-order valence-electron chi connectivity index (χ4n) is 1.97. The fraction of sp³-hybridized carbons (Fsp3) is 0.400. The number of cyclic esters (lactones) is 1. The molecule has 0 amide bonds. The minimum atomic E-state index is -0.608. The van der Waals surface area contributed by atoms with Gasteiger partial charge in [-0.1, -0.05) is 38.0 Å². The number of hydrogen-bond acceptors (Lipinski definition) is 5. The number of azo groups is 1. The van der Waals surface area contributed by atoms with Crippen molar-refractivity contribution in [3.8, 4) is 0 Å². The van der Waals surface area contributed by atoms with Gasteiger partial charge < -0.3 is 9.84 Å². The summed E-state index contributed by atoms with van der Waals surface area (Å²) in [6.45, 7) is 2.09. The molecule has 1 atom stereocenters.